The summed E-state index contributed by atoms with van der Waals surface area (Å²) in [4.78, 5) is 18.4. The lowest BCUT2D eigenvalue weighted by molar-refractivity contribution is -0.121. The van der Waals surface area contributed by atoms with E-state index in [1.807, 2.05) is 36.2 Å². The molecule has 4 rings (SSSR count). The second kappa shape index (κ2) is 7.30. The monoisotopic (exact) mass is 359 g/mol. The van der Waals surface area contributed by atoms with Crippen molar-refractivity contribution in [2.24, 2.45) is 0 Å². The Balaban J connectivity index is 1.43. The molecule has 2 unspecified atom stereocenters. The fourth-order valence-electron chi connectivity index (χ4n) is 4.05. The number of amides is 1. The SMILES string of the molecule is COc1ccc2c(CC(=O)NC3CCCN4CCSCC34)c[nH]c2c1. The lowest BCUT2D eigenvalue weighted by atomic mass is 9.96. The maximum absolute atomic E-state index is 12.6. The van der Waals surface area contributed by atoms with E-state index in [0.717, 1.165) is 40.9 Å². The lowest BCUT2D eigenvalue weighted by Gasteiger charge is -2.44. The Labute approximate surface area is 152 Å². The number of nitrogens with one attached hydrogen (secondary N) is 2. The summed E-state index contributed by atoms with van der Waals surface area (Å²) in [5.74, 6) is 3.30. The minimum Gasteiger partial charge on any atom is -0.497 e. The molecule has 2 aliphatic heterocycles. The lowest BCUT2D eigenvalue weighted by Crippen LogP contribution is -2.58. The quantitative estimate of drug-likeness (QED) is 0.880. The van der Waals surface area contributed by atoms with Crippen molar-refractivity contribution in [3.63, 3.8) is 0 Å². The molecule has 25 heavy (non-hydrogen) atoms. The number of aromatic amines is 1. The molecule has 3 heterocycles. The van der Waals surface area contributed by atoms with E-state index in [4.69, 9.17) is 4.74 Å². The number of methoxy groups -OCH3 is 1. The summed E-state index contributed by atoms with van der Waals surface area (Å²) in [7, 11) is 1.66. The van der Waals surface area contributed by atoms with Crippen LogP contribution in [-0.2, 0) is 11.2 Å². The minimum atomic E-state index is 0.124. The van der Waals surface area contributed by atoms with Gasteiger partial charge in [-0.3, -0.25) is 9.69 Å². The van der Waals surface area contributed by atoms with Gasteiger partial charge in [-0.1, -0.05) is 0 Å². The van der Waals surface area contributed by atoms with Gasteiger partial charge in [0.05, 0.1) is 13.5 Å². The van der Waals surface area contributed by atoms with Crippen LogP contribution in [0.2, 0.25) is 0 Å². The van der Waals surface area contributed by atoms with Gasteiger partial charge in [0.15, 0.2) is 0 Å². The number of hydrogen-bond acceptors (Lipinski definition) is 4. The molecule has 0 radical (unpaired) electrons. The molecule has 0 spiro atoms. The summed E-state index contributed by atoms with van der Waals surface area (Å²) in [5.41, 5.74) is 2.05. The maximum atomic E-state index is 12.6. The van der Waals surface area contributed by atoms with E-state index in [9.17, 15) is 4.79 Å². The van der Waals surface area contributed by atoms with E-state index in [-0.39, 0.29) is 5.91 Å². The number of carbonyl (C=O) groups excluding carboxylic acids is 1. The topological polar surface area (TPSA) is 57.4 Å². The zero-order valence-corrected chi connectivity index (χ0v) is 15.4. The predicted molar refractivity (Wildman–Crippen MR) is 102 cm³/mol. The Bertz CT molecular complexity index is 758. The first-order chi connectivity index (χ1) is 12.2. The summed E-state index contributed by atoms with van der Waals surface area (Å²) in [6.45, 7) is 2.34. The largest absolute Gasteiger partial charge is 0.497 e. The number of hydrogen-bond donors (Lipinski definition) is 2. The van der Waals surface area contributed by atoms with Crippen molar-refractivity contribution >= 4 is 28.6 Å². The van der Waals surface area contributed by atoms with Gasteiger partial charge in [0, 0.05) is 53.3 Å². The van der Waals surface area contributed by atoms with Crippen LogP contribution in [-0.4, -0.2) is 59.6 Å². The second-order valence-corrected chi connectivity index (χ2v) is 8.05. The zero-order chi connectivity index (χ0) is 17.2. The summed E-state index contributed by atoms with van der Waals surface area (Å²) < 4.78 is 5.26. The molecule has 2 N–H and O–H groups in total. The molecule has 2 aromatic rings. The Morgan fingerprint density at radius 2 is 2.36 bits per heavy atom. The normalized spacial score (nSPS) is 24.0. The number of fused-ring (bicyclic) bond motifs is 2. The number of piperidine rings is 1. The summed E-state index contributed by atoms with van der Waals surface area (Å²) in [6, 6.07) is 6.72. The Kier molecular flexibility index (Phi) is 4.90. The fraction of sp³-hybridized carbons (Fsp3) is 0.526. The Hall–Kier alpha value is -1.66. The first-order valence-electron chi connectivity index (χ1n) is 9.00. The van der Waals surface area contributed by atoms with Gasteiger partial charge in [-0.25, -0.2) is 0 Å². The number of thioether (sulfide) groups is 1. The van der Waals surface area contributed by atoms with Crippen LogP contribution in [0.5, 0.6) is 5.75 Å². The highest BCUT2D eigenvalue weighted by molar-refractivity contribution is 7.99. The molecular weight excluding hydrogens is 334 g/mol. The van der Waals surface area contributed by atoms with E-state index in [2.05, 4.69) is 15.2 Å². The summed E-state index contributed by atoms with van der Waals surface area (Å²) in [6.07, 6.45) is 4.63. The van der Waals surface area contributed by atoms with Gasteiger partial charge in [0.2, 0.25) is 5.91 Å². The van der Waals surface area contributed by atoms with Crippen LogP contribution < -0.4 is 10.1 Å². The first kappa shape index (κ1) is 16.8. The number of ether oxygens (including phenoxy) is 1. The number of rotatable bonds is 4. The van der Waals surface area contributed by atoms with Gasteiger partial charge in [0.25, 0.3) is 0 Å². The highest BCUT2D eigenvalue weighted by Gasteiger charge is 2.34. The van der Waals surface area contributed by atoms with Crippen LogP contribution in [0.1, 0.15) is 18.4 Å². The molecular formula is C19H25N3O2S. The molecule has 2 atom stereocenters. The highest BCUT2D eigenvalue weighted by Crippen LogP contribution is 2.26. The molecule has 0 bridgehead atoms. The smallest absolute Gasteiger partial charge is 0.224 e. The van der Waals surface area contributed by atoms with Crippen LogP contribution in [0.3, 0.4) is 0 Å². The van der Waals surface area contributed by atoms with E-state index in [1.165, 1.54) is 18.7 Å². The molecule has 2 saturated heterocycles. The molecule has 134 valence electrons. The fourth-order valence-corrected chi connectivity index (χ4v) is 5.26. The molecule has 2 aliphatic rings. The van der Waals surface area contributed by atoms with E-state index in [0.29, 0.717) is 18.5 Å². The van der Waals surface area contributed by atoms with E-state index >= 15 is 0 Å². The Morgan fingerprint density at radius 1 is 1.44 bits per heavy atom. The van der Waals surface area contributed by atoms with Crippen molar-refractivity contribution in [2.45, 2.75) is 31.3 Å². The average Bonchev–Trinajstić information content (AvgIpc) is 3.04. The number of benzene rings is 1. The van der Waals surface area contributed by atoms with Crippen molar-refractivity contribution in [3.05, 3.63) is 30.0 Å². The van der Waals surface area contributed by atoms with Gasteiger partial charge in [-0.15, -0.1) is 0 Å². The van der Waals surface area contributed by atoms with Gasteiger partial charge in [0.1, 0.15) is 5.75 Å². The number of H-pyrrole nitrogens is 1. The van der Waals surface area contributed by atoms with Crippen LogP contribution in [0.15, 0.2) is 24.4 Å². The predicted octanol–water partition coefficient (Wildman–Crippen LogP) is 2.42. The standard InChI is InChI=1S/C19H25N3O2S/c1-24-14-4-5-15-13(11-20-17(15)10-14)9-19(23)21-16-3-2-6-22-7-8-25-12-18(16)22/h4-5,10-11,16,18,20H,2-3,6-9,12H2,1H3,(H,21,23). The third-order valence-corrected chi connectivity index (χ3v) is 6.43. The van der Waals surface area contributed by atoms with Crippen molar-refractivity contribution in [1.82, 2.24) is 15.2 Å². The van der Waals surface area contributed by atoms with Gasteiger partial charge >= 0.3 is 0 Å². The first-order valence-corrected chi connectivity index (χ1v) is 10.2. The molecule has 0 saturated carbocycles. The molecule has 1 aromatic carbocycles. The molecule has 1 aromatic heterocycles. The van der Waals surface area contributed by atoms with Crippen molar-refractivity contribution in [2.75, 3.05) is 31.7 Å². The summed E-state index contributed by atoms with van der Waals surface area (Å²) in [5, 5.41) is 4.40. The molecule has 2 fully saturated rings. The van der Waals surface area contributed by atoms with Crippen LogP contribution in [0.4, 0.5) is 0 Å². The maximum Gasteiger partial charge on any atom is 0.224 e. The minimum absolute atomic E-state index is 0.124. The number of nitrogens with zero attached hydrogens (tertiary/aromatic N) is 1. The van der Waals surface area contributed by atoms with E-state index < -0.39 is 0 Å². The zero-order valence-electron chi connectivity index (χ0n) is 14.6. The second-order valence-electron chi connectivity index (χ2n) is 6.90. The van der Waals surface area contributed by atoms with Crippen molar-refractivity contribution < 1.29 is 9.53 Å². The highest BCUT2D eigenvalue weighted by atomic mass is 32.2. The molecule has 1 amide bonds. The van der Waals surface area contributed by atoms with Crippen LogP contribution in [0.25, 0.3) is 10.9 Å². The van der Waals surface area contributed by atoms with Crippen molar-refractivity contribution in [3.8, 4) is 5.75 Å². The van der Waals surface area contributed by atoms with Crippen LogP contribution >= 0.6 is 11.8 Å². The number of aromatic nitrogens is 1. The number of carbonyl (C=O) groups is 1. The molecule has 0 aliphatic carbocycles. The van der Waals surface area contributed by atoms with Crippen molar-refractivity contribution in [1.29, 1.82) is 0 Å². The Morgan fingerprint density at radius 3 is 3.24 bits per heavy atom. The van der Waals surface area contributed by atoms with Crippen LogP contribution in [0, 0.1) is 0 Å². The third kappa shape index (κ3) is 3.51. The molecule has 5 nitrogen and oxygen atoms in total. The van der Waals surface area contributed by atoms with Gasteiger partial charge < -0.3 is 15.0 Å². The van der Waals surface area contributed by atoms with E-state index in [1.54, 1.807) is 7.11 Å². The summed E-state index contributed by atoms with van der Waals surface area (Å²) >= 11 is 2.01. The van der Waals surface area contributed by atoms with Gasteiger partial charge in [-0.05, 0) is 37.1 Å². The molecule has 6 heteroatoms. The average molecular weight is 359 g/mol. The third-order valence-electron chi connectivity index (χ3n) is 5.38. The van der Waals surface area contributed by atoms with Gasteiger partial charge in [-0.2, -0.15) is 11.8 Å².